The van der Waals surface area contributed by atoms with Crippen LogP contribution in [0.25, 0.3) is 10.8 Å². The number of carbonyl (C=O) groups is 1. The summed E-state index contributed by atoms with van der Waals surface area (Å²) in [7, 11) is 0. The molecule has 2 aromatic rings. The van der Waals surface area contributed by atoms with Crippen LogP contribution in [0.2, 0.25) is 0 Å². The normalized spacial score (nSPS) is 10.8. The lowest BCUT2D eigenvalue weighted by molar-refractivity contribution is -0.118. The topological polar surface area (TPSA) is 57.5 Å². The molecule has 2 rings (SSSR count). The first kappa shape index (κ1) is 15.3. The van der Waals surface area contributed by atoms with Crippen LogP contribution >= 0.6 is 0 Å². The van der Waals surface area contributed by atoms with Gasteiger partial charge in [-0.15, -0.1) is 0 Å². The average molecular weight is 289 g/mol. The summed E-state index contributed by atoms with van der Waals surface area (Å²) < 4.78 is 12.3. The predicted octanol–water partition coefficient (Wildman–Crippen LogP) is 2.01. The second kappa shape index (κ2) is 7.04. The SMILES string of the molecule is CCOCCn1ccc2c(OCC(C)=O)cccc2c1=O. The molecule has 0 bridgehead atoms. The van der Waals surface area contributed by atoms with Gasteiger partial charge < -0.3 is 14.0 Å². The van der Waals surface area contributed by atoms with Gasteiger partial charge in [-0.05, 0) is 32.0 Å². The molecule has 0 atom stereocenters. The molecule has 0 radical (unpaired) electrons. The molecular formula is C16H19NO4. The van der Waals surface area contributed by atoms with Crippen LogP contribution < -0.4 is 10.3 Å². The van der Waals surface area contributed by atoms with E-state index < -0.39 is 0 Å². The highest BCUT2D eigenvalue weighted by Crippen LogP contribution is 2.23. The number of rotatable bonds is 7. The Hall–Kier alpha value is -2.14. The summed E-state index contributed by atoms with van der Waals surface area (Å²) >= 11 is 0. The Bertz CT molecular complexity index is 690. The quantitative estimate of drug-likeness (QED) is 0.732. The predicted molar refractivity (Wildman–Crippen MR) is 80.9 cm³/mol. The summed E-state index contributed by atoms with van der Waals surface area (Å²) in [6, 6.07) is 7.11. The first-order valence-corrected chi connectivity index (χ1v) is 6.95. The molecule has 0 amide bonds. The van der Waals surface area contributed by atoms with Crippen molar-refractivity contribution in [3.05, 3.63) is 40.8 Å². The number of hydrogen-bond donors (Lipinski definition) is 0. The number of Topliss-reactive ketones (excluding diaryl/α,β-unsaturated/α-hetero) is 1. The molecular weight excluding hydrogens is 270 g/mol. The Labute approximate surface area is 123 Å². The first-order chi connectivity index (χ1) is 10.1. The Morgan fingerprint density at radius 1 is 1.24 bits per heavy atom. The van der Waals surface area contributed by atoms with Gasteiger partial charge in [-0.1, -0.05) is 6.07 Å². The first-order valence-electron chi connectivity index (χ1n) is 6.95. The van der Waals surface area contributed by atoms with Crippen LogP contribution in [-0.4, -0.2) is 30.2 Å². The maximum atomic E-state index is 12.4. The van der Waals surface area contributed by atoms with E-state index in [-0.39, 0.29) is 17.9 Å². The van der Waals surface area contributed by atoms with E-state index in [1.807, 2.05) is 13.0 Å². The number of pyridine rings is 1. The molecule has 0 aliphatic rings. The lowest BCUT2D eigenvalue weighted by atomic mass is 10.1. The molecule has 1 aromatic heterocycles. The average Bonchev–Trinajstić information content (AvgIpc) is 2.47. The molecule has 21 heavy (non-hydrogen) atoms. The zero-order valence-corrected chi connectivity index (χ0v) is 12.3. The van der Waals surface area contributed by atoms with Gasteiger partial charge in [-0.25, -0.2) is 0 Å². The zero-order valence-electron chi connectivity index (χ0n) is 12.3. The second-order valence-electron chi connectivity index (χ2n) is 4.72. The Morgan fingerprint density at radius 2 is 2.05 bits per heavy atom. The lowest BCUT2D eigenvalue weighted by Gasteiger charge is -2.10. The maximum absolute atomic E-state index is 12.4. The van der Waals surface area contributed by atoms with Crippen molar-refractivity contribution in [1.82, 2.24) is 4.57 Å². The highest BCUT2D eigenvalue weighted by molar-refractivity contribution is 5.88. The minimum Gasteiger partial charge on any atom is -0.485 e. The van der Waals surface area contributed by atoms with Crippen molar-refractivity contribution in [2.75, 3.05) is 19.8 Å². The van der Waals surface area contributed by atoms with Crippen molar-refractivity contribution in [1.29, 1.82) is 0 Å². The third-order valence-corrected chi connectivity index (χ3v) is 3.09. The molecule has 5 heteroatoms. The van der Waals surface area contributed by atoms with E-state index in [0.29, 0.717) is 30.9 Å². The molecule has 1 heterocycles. The summed E-state index contributed by atoms with van der Waals surface area (Å²) in [5, 5.41) is 1.30. The van der Waals surface area contributed by atoms with E-state index in [1.165, 1.54) is 6.92 Å². The smallest absolute Gasteiger partial charge is 0.258 e. The number of ether oxygens (including phenoxy) is 2. The Morgan fingerprint density at radius 3 is 2.76 bits per heavy atom. The van der Waals surface area contributed by atoms with Gasteiger partial charge in [0.05, 0.1) is 12.0 Å². The van der Waals surface area contributed by atoms with Gasteiger partial charge >= 0.3 is 0 Å². The highest BCUT2D eigenvalue weighted by atomic mass is 16.5. The number of hydrogen-bond acceptors (Lipinski definition) is 4. The van der Waals surface area contributed by atoms with Crippen LogP contribution in [-0.2, 0) is 16.1 Å². The van der Waals surface area contributed by atoms with E-state index in [2.05, 4.69) is 0 Å². The molecule has 0 aliphatic heterocycles. The van der Waals surface area contributed by atoms with Crippen LogP contribution in [0.4, 0.5) is 0 Å². The van der Waals surface area contributed by atoms with Crippen molar-refractivity contribution in [3.63, 3.8) is 0 Å². The largest absolute Gasteiger partial charge is 0.485 e. The highest BCUT2D eigenvalue weighted by Gasteiger charge is 2.08. The fraction of sp³-hybridized carbons (Fsp3) is 0.375. The van der Waals surface area contributed by atoms with Crippen LogP contribution in [0.1, 0.15) is 13.8 Å². The van der Waals surface area contributed by atoms with Gasteiger partial charge in [0, 0.05) is 24.7 Å². The van der Waals surface area contributed by atoms with Crippen LogP contribution in [0.15, 0.2) is 35.3 Å². The van der Waals surface area contributed by atoms with Gasteiger partial charge in [0.15, 0.2) is 5.78 Å². The minimum atomic E-state index is -0.0829. The molecule has 0 saturated heterocycles. The standard InChI is InChI=1S/C16H19NO4/c1-3-20-10-9-17-8-7-13-14(16(17)19)5-4-6-15(13)21-11-12(2)18/h4-8H,3,9-11H2,1-2H3. The monoisotopic (exact) mass is 289 g/mol. The van der Waals surface area contributed by atoms with Crippen LogP contribution in [0.5, 0.6) is 5.75 Å². The molecule has 1 aromatic carbocycles. The maximum Gasteiger partial charge on any atom is 0.258 e. The fourth-order valence-corrected chi connectivity index (χ4v) is 2.08. The molecule has 0 saturated carbocycles. The minimum absolute atomic E-state index is 0.00649. The lowest BCUT2D eigenvalue weighted by Crippen LogP contribution is -2.22. The Kier molecular flexibility index (Phi) is 5.11. The molecule has 5 nitrogen and oxygen atoms in total. The van der Waals surface area contributed by atoms with Crippen LogP contribution in [0, 0.1) is 0 Å². The van der Waals surface area contributed by atoms with Crippen molar-refractivity contribution < 1.29 is 14.3 Å². The van der Waals surface area contributed by atoms with Crippen LogP contribution in [0.3, 0.4) is 0 Å². The van der Waals surface area contributed by atoms with E-state index in [1.54, 1.807) is 29.0 Å². The molecule has 0 N–H and O–H groups in total. The second-order valence-corrected chi connectivity index (χ2v) is 4.72. The summed E-state index contributed by atoms with van der Waals surface area (Å²) in [6.45, 7) is 5.04. The van der Waals surface area contributed by atoms with Crippen molar-refractivity contribution in [3.8, 4) is 5.75 Å². The van der Waals surface area contributed by atoms with Crippen molar-refractivity contribution in [2.45, 2.75) is 20.4 Å². The van der Waals surface area contributed by atoms with Gasteiger partial charge in [-0.3, -0.25) is 9.59 Å². The number of benzene rings is 1. The summed E-state index contributed by atoms with van der Waals surface area (Å²) in [5.74, 6) is 0.494. The summed E-state index contributed by atoms with van der Waals surface area (Å²) in [6.07, 6.45) is 1.73. The molecule has 0 spiro atoms. The third-order valence-electron chi connectivity index (χ3n) is 3.09. The van der Waals surface area contributed by atoms with Gasteiger partial charge in [0.1, 0.15) is 12.4 Å². The Balaban J connectivity index is 2.33. The summed E-state index contributed by atoms with van der Waals surface area (Å²) in [4.78, 5) is 23.4. The number of carbonyl (C=O) groups excluding carboxylic acids is 1. The number of aromatic nitrogens is 1. The third kappa shape index (κ3) is 3.70. The van der Waals surface area contributed by atoms with Crippen molar-refractivity contribution >= 4 is 16.6 Å². The molecule has 0 unspecified atom stereocenters. The fourth-order valence-electron chi connectivity index (χ4n) is 2.08. The van der Waals surface area contributed by atoms with Crippen molar-refractivity contribution in [2.24, 2.45) is 0 Å². The number of nitrogens with zero attached hydrogens (tertiary/aromatic N) is 1. The molecule has 112 valence electrons. The van der Waals surface area contributed by atoms with E-state index in [9.17, 15) is 9.59 Å². The molecule has 0 fully saturated rings. The van der Waals surface area contributed by atoms with Gasteiger partial charge in [0.25, 0.3) is 5.56 Å². The van der Waals surface area contributed by atoms with Gasteiger partial charge in [0.2, 0.25) is 0 Å². The molecule has 0 aliphatic carbocycles. The van der Waals surface area contributed by atoms with E-state index in [4.69, 9.17) is 9.47 Å². The number of fused-ring (bicyclic) bond motifs is 1. The zero-order chi connectivity index (χ0) is 15.2. The number of ketones is 1. The summed E-state index contributed by atoms with van der Waals surface area (Å²) in [5.41, 5.74) is -0.0829. The van der Waals surface area contributed by atoms with Gasteiger partial charge in [-0.2, -0.15) is 0 Å². The van der Waals surface area contributed by atoms with E-state index in [0.717, 1.165) is 5.39 Å². The van der Waals surface area contributed by atoms with E-state index >= 15 is 0 Å².